The van der Waals surface area contributed by atoms with Crippen LogP contribution < -0.4 is 4.90 Å². The predicted molar refractivity (Wildman–Crippen MR) is 59.9 cm³/mol. The van der Waals surface area contributed by atoms with Crippen molar-refractivity contribution < 1.29 is 9.59 Å². The third-order valence-electron chi connectivity index (χ3n) is 2.14. The summed E-state index contributed by atoms with van der Waals surface area (Å²) in [5.74, 6) is -0.553. The van der Waals surface area contributed by atoms with E-state index >= 15 is 0 Å². The number of thioether (sulfide) groups is 1. The Kier molecular flexibility index (Phi) is 2.60. The molecule has 76 valence electrons. The molecule has 1 heterocycles. The van der Waals surface area contributed by atoms with Gasteiger partial charge in [-0.1, -0.05) is 12.1 Å². The zero-order valence-electron chi connectivity index (χ0n) is 8.14. The lowest BCUT2D eigenvalue weighted by Gasteiger charge is -2.16. The Balaban J connectivity index is 2.45. The second-order valence-electron chi connectivity index (χ2n) is 3.02. The summed E-state index contributed by atoms with van der Waals surface area (Å²) >= 11 is 1.51. The highest BCUT2D eigenvalue weighted by atomic mass is 32.2. The van der Waals surface area contributed by atoms with Gasteiger partial charge < -0.3 is 0 Å². The van der Waals surface area contributed by atoms with E-state index in [1.165, 1.54) is 28.8 Å². The first-order valence-electron chi connectivity index (χ1n) is 4.43. The minimum atomic E-state index is -0.276. The van der Waals surface area contributed by atoms with Crippen molar-refractivity contribution in [2.24, 2.45) is 0 Å². The van der Waals surface area contributed by atoms with Crippen LogP contribution in [0.5, 0.6) is 0 Å². The van der Waals surface area contributed by atoms with Crippen molar-refractivity contribution in [1.29, 1.82) is 0 Å². The van der Waals surface area contributed by atoms with Crippen molar-refractivity contribution in [1.82, 2.24) is 0 Å². The van der Waals surface area contributed by atoms with Crippen LogP contribution in [0.2, 0.25) is 0 Å². The molecule has 1 aromatic carbocycles. The maximum atomic E-state index is 11.5. The Morgan fingerprint density at radius 2 is 1.67 bits per heavy atom. The van der Waals surface area contributed by atoms with Gasteiger partial charge in [0.05, 0.1) is 5.69 Å². The minimum Gasteiger partial charge on any atom is -0.269 e. The topological polar surface area (TPSA) is 37.4 Å². The molecule has 2 rings (SSSR count). The van der Waals surface area contributed by atoms with E-state index in [9.17, 15) is 9.59 Å². The predicted octanol–water partition coefficient (Wildman–Crippen LogP) is 1.84. The van der Waals surface area contributed by atoms with Crippen molar-refractivity contribution in [3.63, 3.8) is 0 Å². The van der Waals surface area contributed by atoms with Crippen LogP contribution >= 0.6 is 11.8 Å². The first-order valence-corrected chi connectivity index (χ1v) is 5.65. The summed E-state index contributed by atoms with van der Waals surface area (Å²) in [5.41, 5.74) is 0.657. The lowest BCUT2D eigenvalue weighted by atomic mass is 10.3. The molecule has 1 aliphatic rings. The second kappa shape index (κ2) is 3.90. The number of nitrogens with zero attached hydrogens (tertiary/aromatic N) is 1. The second-order valence-corrected chi connectivity index (χ2v) is 3.87. The van der Waals surface area contributed by atoms with Crippen LogP contribution in [-0.4, -0.2) is 18.1 Å². The molecular weight excluding hydrogens is 210 g/mol. The van der Waals surface area contributed by atoms with Gasteiger partial charge >= 0.3 is 0 Å². The summed E-state index contributed by atoms with van der Waals surface area (Å²) in [7, 11) is 0. The molecule has 0 radical (unpaired) electrons. The SMILES string of the molecule is CSc1ccccc1N1C(=O)C=CC1=O. The summed E-state index contributed by atoms with van der Waals surface area (Å²) in [6.45, 7) is 0. The van der Waals surface area contributed by atoms with E-state index in [1.54, 1.807) is 6.07 Å². The van der Waals surface area contributed by atoms with Crippen LogP contribution in [0.1, 0.15) is 0 Å². The zero-order valence-corrected chi connectivity index (χ0v) is 8.95. The highest BCUT2D eigenvalue weighted by Gasteiger charge is 2.26. The van der Waals surface area contributed by atoms with Crippen LogP contribution in [0.4, 0.5) is 5.69 Å². The summed E-state index contributed by atoms with van der Waals surface area (Å²) in [4.78, 5) is 25.0. The highest BCUT2D eigenvalue weighted by Crippen LogP contribution is 2.29. The van der Waals surface area contributed by atoms with Crippen molar-refractivity contribution >= 4 is 29.3 Å². The number of carbonyl (C=O) groups is 2. The van der Waals surface area contributed by atoms with Crippen LogP contribution in [0.25, 0.3) is 0 Å². The van der Waals surface area contributed by atoms with Gasteiger partial charge in [0.25, 0.3) is 11.8 Å². The van der Waals surface area contributed by atoms with Crippen LogP contribution in [0.15, 0.2) is 41.3 Å². The normalized spacial score (nSPS) is 15.1. The molecule has 3 nitrogen and oxygen atoms in total. The summed E-state index contributed by atoms with van der Waals surface area (Å²) < 4.78 is 0. The third kappa shape index (κ3) is 1.68. The van der Waals surface area contributed by atoms with Crippen molar-refractivity contribution in [2.45, 2.75) is 4.90 Å². The minimum absolute atomic E-state index is 0.276. The molecule has 0 bridgehead atoms. The van der Waals surface area contributed by atoms with Gasteiger partial charge in [-0.3, -0.25) is 9.59 Å². The number of imide groups is 1. The standard InChI is InChI=1S/C11H9NO2S/c1-15-9-5-3-2-4-8(9)12-10(13)6-7-11(12)14/h2-7H,1H3. The molecule has 1 aromatic rings. The molecule has 0 aromatic heterocycles. The Morgan fingerprint density at radius 3 is 2.27 bits per heavy atom. The van der Waals surface area contributed by atoms with Crippen LogP contribution in [0.3, 0.4) is 0 Å². The Morgan fingerprint density at radius 1 is 1.07 bits per heavy atom. The Labute approximate surface area is 91.8 Å². The molecule has 0 spiro atoms. The molecule has 2 amide bonds. The monoisotopic (exact) mass is 219 g/mol. The number of carbonyl (C=O) groups excluding carboxylic acids is 2. The number of benzene rings is 1. The fourth-order valence-electron chi connectivity index (χ4n) is 1.45. The maximum absolute atomic E-state index is 11.5. The van der Waals surface area contributed by atoms with Gasteiger partial charge in [-0.25, -0.2) is 4.90 Å². The number of anilines is 1. The fourth-order valence-corrected chi connectivity index (χ4v) is 2.04. The number of amides is 2. The van der Waals surface area contributed by atoms with E-state index < -0.39 is 0 Å². The van der Waals surface area contributed by atoms with Gasteiger partial charge in [-0.2, -0.15) is 0 Å². The molecule has 0 unspecified atom stereocenters. The molecule has 1 aliphatic heterocycles. The van der Waals surface area contributed by atoms with Crippen molar-refractivity contribution in [3.05, 3.63) is 36.4 Å². The average Bonchev–Trinajstić information content (AvgIpc) is 2.59. The molecule has 0 saturated heterocycles. The van der Waals surface area contributed by atoms with Gasteiger partial charge in [0.15, 0.2) is 0 Å². The van der Waals surface area contributed by atoms with Crippen LogP contribution in [-0.2, 0) is 9.59 Å². The first-order chi connectivity index (χ1) is 7.24. The maximum Gasteiger partial charge on any atom is 0.258 e. The van der Waals surface area contributed by atoms with E-state index in [-0.39, 0.29) is 11.8 Å². The number of para-hydroxylation sites is 1. The summed E-state index contributed by atoms with van der Waals surface area (Å²) in [5, 5.41) is 0. The van der Waals surface area contributed by atoms with E-state index in [2.05, 4.69) is 0 Å². The van der Waals surface area contributed by atoms with E-state index in [0.717, 1.165) is 4.90 Å². The van der Waals surface area contributed by atoms with Gasteiger partial charge in [0.1, 0.15) is 0 Å². The van der Waals surface area contributed by atoms with Gasteiger partial charge in [0.2, 0.25) is 0 Å². The Hall–Kier alpha value is -1.55. The highest BCUT2D eigenvalue weighted by molar-refractivity contribution is 7.98. The van der Waals surface area contributed by atoms with Gasteiger partial charge in [-0.05, 0) is 18.4 Å². The van der Waals surface area contributed by atoms with Crippen LogP contribution in [0, 0.1) is 0 Å². The molecule has 0 fully saturated rings. The molecule has 4 heteroatoms. The van der Waals surface area contributed by atoms with E-state index in [4.69, 9.17) is 0 Å². The lowest BCUT2D eigenvalue weighted by Crippen LogP contribution is -2.29. The average molecular weight is 219 g/mol. The van der Waals surface area contributed by atoms with Gasteiger partial charge in [-0.15, -0.1) is 11.8 Å². The van der Waals surface area contributed by atoms with Gasteiger partial charge in [0, 0.05) is 17.0 Å². The van der Waals surface area contributed by atoms with E-state index in [1.807, 2.05) is 24.5 Å². The number of rotatable bonds is 2. The fraction of sp³-hybridized carbons (Fsp3) is 0.0909. The lowest BCUT2D eigenvalue weighted by molar-refractivity contribution is -0.120. The molecular formula is C11H9NO2S. The number of hydrogen-bond donors (Lipinski definition) is 0. The third-order valence-corrected chi connectivity index (χ3v) is 2.92. The Bertz CT molecular complexity index is 436. The molecule has 0 aliphatic carbocycles. The van der Waals surface area contributed by atoms with Crippen molar-refractivity contribution in [2.75, 3.05) is 11.2 Å². The first kappa shape index (κ1) is 9.98. The molecule has 15 heavy (non-hydrogen) atoms. The van der Waals surface area contributed by atoms with E-state index in [0.29, 0.717) is 5.69 Å². The number of hydrogen-bond acceptors (Lipinski definition) is 3. The molecule has 0 N–H and O–H groups in total. The van der Waals surface area contributed by atoms with Crippen molar-refractivity contribution in [3.8, 4) is 0 Å². The largest absolute Gasteiger partial charge is 0.269 e. The zero-order chi connectivity index (χ0) is 10.8. The quantitative estimate of drug-likeness (QED) is 0.562. The smallest absolute Gasteiger partial charge is 0.258 e. The summed E-state index contributed by atoms with van der Waals surface area (Å²) in [6.07, 6.45) is 4.50. The molecule has 0 atom stereocenters. The summed E-state index contributed by atoms with van der Waals surface area (Å²) in [6, 6.07) is 7.36. The molecule has 0 saturated carbocycles.